The molecule has 0 bridgehead atoms. The molecule has 1 heterocycles. The zero-order valence-electron chi connectivity index (χ0n) is 28.3. The molecular formula is C36H50N2O6S. The molecule has 0 spiro atoms. The first kappa shape index (κ1) is 32.5. The van der Waals surface area contributed by atoms with Crippen molar-refractivity contribution in [1.82, 2.24) is 5.32 Å². The number of nitrogens with zero attached hydrogens (tertiary/aromatic N) is 1. The Morgan fingerprint density at radius 1 is 0.978 bits per heavy atom. The van der Waals surface area contributed by atoms with E-state index in [1.165, 1.54) is 5.57 Å². The van der Waals surface area contributed by atoms with E-state index in [-0.39, 0.29) is 43.9 Å². The molecule has 0 aromatic rings. The predicted octanol–water partition coefficient (Wildman–Crippen LogP) is 7.73. The van der Waals surface area contributed by atoms with Gasteiger partial charge in [-0.05, 0) is 115 Å². The van der Waals surface area contributed by atoms with Crippen LogP contribution in [-0.2, 0) is 24.0 Å². The highest BCUT2D eigenvalue weighted by Crippen LogP contribution is 2.75. The van der Waals surface area contributed by atoms with Crippen LogP contribution in [0, 0.1) is 50.2 Å². The highest BCUT2D eigenvalue weighted by atomic mass is 32.2. The van der Waals surface area contributed by atoms with Gasteiger partial charge in [-0.3, -0.25) is 19.7 Å². The van der Waals surface area contributed by atoms with Gasteiger partial charge in [0, 0.05) is 11.5 Å². The van der Waals surface area contributed by atoms with Crippen molar-refractivity contribution in [2.45, 2.75) is 113 Å². The first-order valence-electron chi connectivity index (χ1n) is 16.8. The van der Waals surface area contributed by atoms with E-state index in [9.17, 15) is 19.2 Å². The topological polar surface area (TPSA) is 111 Å². The molecular weight excluding hydrogens is 588 g/mol. The van der Waals surface area contributed by atoms with Crippen LogP contribution in [0.5, 0.6) is 0 Å². The quantitative estimate of drug-likeness (QED) is 0.111. The summed E-state index contributed by atoms with van der Waals surface area (Å²) in [6.07, 6.45) is 13.4. The van der Waals surface area contributed by atoms with Crippen molar-refractivity contribution in [1.29, 1.82) is 0 Å². The predicted molar refractivity (Wildman–Crippen MR) is 174 cm³/mol. The third-order valence-corrected chi connectivity index (χ3v) is 15.0. The standard InChI is InChI=1S/C36H50N2O6S/c1-31(2)15-17-36(29(41)43-8)18-16-34(6)21(22(36)20-31)9-10-25-33(5)13-12-26(32(3,4)24(33)11-14-35(25,34)7)38-44-27(39)19-23-28(40)37-30(42)45-23/h9,19,22,24-25H,10-18,20H2,1-8H3,(H,37,40,42)/b23-19-,38-26-/t22-,24+,25-,33+,34-,35-,36+/m1/s1. The van der Waals surface area contributed by atoms with Gasteiger partial charge < -0.3 is 9.57 Å². The summed E-state index contributed by atoms with van der Waals surface area (Å²) in [5.74, 6) is -0.263. The Bertz CT molecular complexity index is 1440. The van der Waals surface area contributed by atoms with Crippen LogP contribution in [0.25, 0.3) is 0 Å². The molecule has 6 aliphatic rings. The number of esters is 1. The van der Waals surface area contributed by atoms with Gasteiger partial charge in [-0.25, -0.2) is 4.79 Å². The van der Waals surface area contributed by atoms with Crippen LogP contribution in [0.1, 0.15) is 113 Å². The van der Waals surface area contributed by atoms with Crippen molar-refractivity contribution in [3.63, 3.8) is 0 Å². The van der Waals surface area contributed by atoms with Gasteiger partial charge in [-0.15, -0.1) is 0 Å². The van der Waals surface area contributed by atoms with Gasteiger partial charge in [0.15, 0.2) is 0 Å². The van der Waals surface area contributed by atoms with Crippen molar-refractivity contribution in [2.24, 2.45) is 55.4 Å². The third-order valence-electron chi connectivity index (χ3n) is 14.1. The van der Waals surface area contributed by atoms with Crippen LogP contribution in [0.15, 0.2) is 27.8 Å². The number of nitrogens with one attached hydrogen (secondary N) is 1. The second-order valence-electron chi connectivity index (χ2n) is 16.9. The average molecular weight is 639 g/mol. The van der Waals surface area contributed by atoms with Crippen LogP contribution in [0.2, 0.25) is 0 Å². The maximum atomic E-state index is 13.5. The van der Waals surface area contributed by atoms with Crippen molar-refractivity contribution in [2.75, 3.05) is 7.11 Å². The Balaban J connectivity index is 1.29. The molecule has 7 atom stereocenters. The first-order chi connectivity index (χ1) is 20.9. The Kier molecular flexibility index (Phi) is 7.62. The van der Waals surface area contributed by atoms with Gasteiger partial charge in [0.05, 0.1) is 23.1 Å². The molecule has 4 saturated carbocycles. The maximum Gasteiger partial charge on any atom is 0.359 e. The van der Waals surface area contributed by atoms with Crippen molar-refractivity contribution in [3.05, 3.63) is 22.6 Å². The highest BCUT2D eigenvalue weighted by molar-refractivity contribution is 8.18. The first-order valence-corrected chi connectivity index (χ1v) is 17.6. The third kappa shape index (κ3) is 4.71. The number of carbonyl (C=O) groups excluding carboxylic acids is 4. The van der Waals surface area contributed by atoms with Crippen LogP contribution in [0.4, 0.5) is 4.79 Å². The fourth-order valence-electron chi connectivity index (χ4n) is 11.4. The van der Waals surface area contributed by atoms with Gasteiger partial charge in [0.1, 0.15) is 0 Å². The number of amides is 2. The molecule has 1 aliphatic heterocycles. The Labute approximate surface area is 271 Å². The lowest BCUT2D eigenvalue weighted by molar-refractivity contribution is -0.181. The summed E-state index contributed by atoms with van der Waals surface area (Å²) < 4.78 is 5.51. The monoisotopic (exact) mass is 638 g/mol. The number of carbonyl (C=O) groups is 4. The average Bonchev–Trinajstić information content (AvgIpc) is 3.27. The second kappa shape index (κ2) is 10.5. The van der Waals surface area contributed by atoms with E-state index in [2.05, 4.69) is 65.0 Å². The number of rotatable bonds is 3. The zero-order chi connectivity index (χ0) is 32.8. The second-order valence-corrected chi connectivity index (χ2v) is 17.9. The van der Waals surface area contributed by atoms with Gasteiger partial charge in [-0.2, -0.15) is 0 Å². The van der Waals surface area contributed by atoms with Gasteiger partial charge in [0.25, 0.3) is 11.1 Å². The molecule has 45 heavy (non-hydrogen) atoms. The molecule has 0 unspecified atom stereocenters. The number of allylic oxidation sites excluding steroid dienone is 2. The number of imide groups is 1. The van der Waals surface area contributed by atoms with E-state index in [4.69, 9.17) is 9.57 Å². The van der Waals surface area contributed by atoms with E-state index in [0.29, 0.717) is 23.6 Å². The summed E-state index contributed by atoms with van der Waals surface area (Å²) in [6.45, 7) is 16.8. The highest BCUT2D eigenvalue weighted by Gasteiger charge is 2.69. The number of oxime groups is 1. The molecule has 6 rings (SSSR count). The number of thioether (sulfide) groups is 1. The molecule has 0 aromatic heterocycles. The number of methoxy groups -OCH3 is 1. The molecule has 1 saturated heterocycles. The fraction of sp³-hybridized carbons (Fsp3) is 0.750. The SMILES string of the molecule is COC(=O)[C@]12CCC(C)(C)C[C@@H]1C1=CC[C@@H]3[C@@]4(C)CC/C(=N/OC(=O)/C=C5\SC(=O)NC5=O)C(C)(C)[C@@H]4CC[C@@]3(C)[C@]1(C)CC2. The zero-order valence-corrected chi connectivity index (χ0v) is 29.1. The number of hydrogen-bond acceptors (Lipinski definition) is 8. The smallest absolute Gasteiger partial charge is 0.359 e. The molecule has 246 valence electrons. The minimum absolute atomic E-state index is 0.00890. The summed E-state index contributed by atoms with van der Waals surface area (Å²) >= 11 is 0.688. The number of hydrogen-bond donors (Lipinski definition) is 1. The van der Waals surface area contributed by atoms with Crippen LogP contribution >= 0.6 is 11.8 Å². The molecule has 2 amide bonds. The largest absolute Gasteiger partial charge is 0.469 e. The summed E-state index contributed by atoms with van der Waals surface area (Å²) in [7, 11) is 1.56. The van der Waals surface area contributed by atoms with Crippen LogP contribution in [-0.4, -0.2) is 35.9 Å². The lowest BCUT2D eigenvalue weighted by atomic mass is 9.33. The minimum atomic E-state index is -0.751. The Hall–Kier alpha value is -2.42. The summed E-state index contributed by atoms with van der Waals surface area (Å²) in [5.41, 5.74) is 2.13. The number of ether oxygens (including phenoxy) is 1. The molecule has 5 fully saturated rings. The van der Waals surface area contributed by atoms with Crippen molar-refractivity contribution in [3.8, 4) is 0 Å². The van der Waals surface area contributed by atoms with E-state index < -0.39 is 22.5 Å². The molecule has 9 heteroatoms. The normalized spacial score (nSPS) is 43.3. The Morgan fingerprint density at radius 2 is 1.69 bits per heavy atom. The fourth-order valence-corrected chi connectivity index (χ4v) is 12.1. The molecule has 0 radical (unpaired) electrons. The summed E-state index contributed by atoms with van der Waals surface area (Å²) in [5, 5.41) is 6.02. The van der Waals surface area contributed by atoms with E-state index >= 15 is 0 Å². The molecule has 1 N–H and O–H groups in total. The van der Waals surface area contributed by atoms with Crippen molar-refractivity contribution >= 4 is 40.6 Å². The maximum absolute atomic E-state index is 13.5. The minimum Gasteiger partial charge on any atom is -0.469 e. The van der Waals surface area contributed by atoms with Gasteiger partial charge >= 0.3 is 11.9 Å². The molecule has 8 nitrogen and oxygen atoms in total. The van der Waals surface area contributed by atoms with Crippen LogP contribution in [0.3, 0.4) is 0 Å². The van der Waals surface area contributed by atoms with Gasteiger partial charge in [-0.1, -0.05) is 65.3 Å². The van der Waals surface area contributed by atoms with E-state index in [1.807, 2.05) is 0 Å². The molecule has 5 aliphatic carbocycles. The van der Waals surface area contributed by atoms with Crippen LogP contribution < -0.4 is 5.32 Å². The van der Waals surface area contributed by atoms with E-state index in [1.54, 1.807) is 7.11 Å². The lowest BCUT2D eigenvalue weighted by Gasteiger charge is -2.70. The van der Waals surface area contributed by atoms with Gasteiger partial charge in [0.2, 0.25) is 0 Å². The Morgan fingerprint density at radius 3 is 2.36 bits per heavy atom. The lowest BCUT2D eigenvalue weighted by Crippen LogP contribution is -2.64. The summed E-state index contributed by atoms with van der Waals surface area (Å²) in [6, 6.07) is 0. The molecule has 0 aromatic carbocycles. The number of fused-ring (bicyclic) bond motifs is 7. The summed E-state index contributed by atoms with van der Waals surface area (Å²) in [4.78, 5) is 54.7. The van der Waals surface area contributed by atoms with Crippen molar-refractivity contribution < 1.29 is 28.8 Å². The van der Waals surface area contributed by atoms with E-state index in [0.717, 1.165) is 76.0 Å².